The lowest BCUT2D eigenvalue weighted by atomic mass is 10.1. The van der Waals surface area contributed by atoms with Gasteiger partial charge in [-0.1, -0.05) is 6.42 Å². The van der Waals surface area contributed by atoms with E-state index in [0.29, 0.717) is 12.2 Å². The number of nitrogens with zero attached hydrogens (tertiary/aromatic N) is 1. The van der Waals surface area contributed by atoms with E-state index in [4.69, 9.17) is 5.73 Å². The van der Waals surface area contributed by atoms with Gasteiger partial charge in [-0.2, -0.15) is 12.7 Å². The monoisotopic (exact) mass is 287 g/mol. The van der Waals surface area contributed by atoms with Crippen LogP contribution in [0.25, 0.3) is 0 Å². The molecular formula is C12H18FN3O2S. The van der Waals surface area contributed by atoms with Gasteiger partial charge in [0.25, 0.3) is 0 Å². The molecule has 5 nitrogen and oxygen atoms in total. The Morgan fingerprint density at radius 3 is 2.84 bits per heavy atom. The maximum absolute atomic E-state index is 13.6. The van der Waals surface area contributed by atoms with Crippen molar-refractivity contribution >= 4 is 21.6 Å². The van der Waals surface area contributed by atoms with E-state index in [0.717, 1.165) is 25.3 Å². The van der Waals surface area contributed by atoms with Gasteiger partial charge in [0, 0.05) is 18.3 Å². The van der Waals surface area contributed by atoms with Crippen molar-refractivity contribution in [3.05, 3.63) is 24.0 Å². The molecule has 3 N–H and O–H groups in total. The molecule has 1 unspecified atom stereocenters. The average Bonchev–Trinajstić information content (AvgIpc) is 2.34. The van der Waals surface area contributed by atoms with E-state index >= 15 is 0 Å². The van der Waals surface area contributed by atoms with E-state index in [1.165, 1.54) is 16.4 Å². The molecule has 0 bridgehead atoms. The summed E-state index contributed by atoms with van der Waals surface area (Å²) in [6.45, 7) is 2.31. The Bertz CT molecular complexity index is 562. The van der Waals surface area contributed by atoms with E-state index in [1.54, 1.807) is 0 Å². The van der Waals surface area contributed by atoms with Crippen LogP contribution in [0.15, 0.2) is 18.2 Å². The zero-order valence-corrected chi connectivity index (χ0v) is 11.6. The molecule has 1 aliphatic heterocycles. The van der Waals surface area contributed by atoms with Crippen molar-refractivity contribution in [2.75, 3.05) is 17.0 Å². The number of anilines is 2. The third-order valence-corrected chi connectivity index (χ3v) is 4.92. The molecule has 19 heavy (non-hydrogen) atoms. The lowest BCUT2D eigenvalue weighted by Crippen LogP contribution is -2.44. The third kappa shape index (κ3) is 3.16. The number of nitrogens with one attached hydrogen (secondary N) is 1. The number of nitrogen functional groups attached to an aromatic ring is 1. The maximum atomic E-state index is 13.6. The molecule has 1 aromatic carbocycles. The molecule has 1 fully saturated rings. The van der Waals surface area contributed by atoms with Crippen molar-refractivity contribution in [2.24, 2.45) is 0 Å². The van der Waals surface area contributed by atoms with Gasteiger partial charge in [-0.25, -0.2) is 4.39 Å². The number of halogens is 1. The molecule has 0 aromatic heterocycles. The quantitative estimate of drug-likeness (QED) is 0.834. The molecule has 2 rings (SSSR count). The van der Waals surface area contributed by atoms with Gasteiger partial charge in [0.1, 0.15) is 5.82 Å². The molecule has 0 radical (unpaired) electrons. The molecule has 1 atom stereocenters. The average molecular weight is 287 g/mol. The minimum absolute atomic E-state index is 0.0737. The Kier molecular flexibility index (Phi) is 3.96. The van der Waals surface area contributed by atoms with E-state index in [-0.39, 0.29) is 11.7 Å². The van der Waals surface area contributed by atoms with Crippen LogP contribution in [0.4, 0.5) is 15.8 Å². The molecular weight excluding hydrogens is 269 g/mol. The highest BCUT2D eigenvalue weighted by Gasteiger charge is 2.29. The zero-order chi connectivity index (χ0) is 14.0. The van der Waals surface area contributed by atoms with Crippen molar-refractivity contribution in [3.8, 4) is 0 Å². The topological polar surface area (TPSA) is 75.4 Å². The Morgan fingerprint density at radius 1 is 1.42 bits per heavy atom. The van der Waals surface area contributed by atoms with Crippen LogP contribution in [-0.4, -0.2) is 25.3 Å². The minimum Gasteiger partial charge on any atom is -0.399 e. The second kappa shape index (κ2) is 5.34. The highest BCUT2D eigenvalue weighted by molar-refractivity contribution is 7.90. The predicted octanol–water partition coefficient (Wildman–Crippen LogP) is 1.94. The normalized spacial score (nSPS) is 21.3. The smallest absolute Gasteiger partial charge is 0.301 e. The standard InChI is InChI=1S/C12H18FN3O2S/c1-9-4-2-3-7-16(9)19(17,18)15-12-8-10(14)5-6-11(12)13/h5-6,8-9,15H,2-4,7,14H2,1H3. The molecule has 1 saturated heterocycles. The SMILES string of the molecule is CC1CCCCN1S(=O)(=O)Nc1cc(N)ccc1F. The van der Waals surface area contributed by atoms with Crippen LogP contribution in [0, 0.1) is 5.82 Å². The summed E-state index contributed by atoms with van der Waals surface area (Å²) in [5.41, 5.74) is 5.73. The van der Waals surface area contributed by atoms with Crippen molar-refractivity contribution in [2.45, 2.75) is 32.2 Å². The highest BCUT2D eigenvalue weighted by Crippen LogP contribution is 2.24. The van der Waals surface area contributed by atoms with E-state index in [9.17, 15) is 12.8 Å². The lowest BCUT2D eigenvalue weighted by molar-refractivity contribution is 0.270. The van der Waals surface area contributed by atoms with Crippen LogP contribution in [0.2, 0.25) is 0 Å². The summed E-state index contributed by atoms with van der Waals surface area (Å²) >= 11 is 0. The Hall–Kier alpha value is -1.34. The van der Waals surface area contributed by atoms with Crippen molar-refractivity contribution < 1.29 is 12.8 Å². The summed E-state index contributed by atoms with van der Waals surface area (Å²) in [6.07, 6.45) is 2.66. The zero-order valence-electron chi connectivity index (χ0n) is 10.8. The summed E-state index contributed by atoms with van der Waals surface area (Å²) in [7, 11) is -3.74. The molecule has 106 valence electrons. The number of hydrogen-bond donors (Lipinski definition) is 2. The minimum atomic E-state index is -3.74. The fourth-order valence-electron chi connectivity index (χ4n) is 2.25. The van der Waals surface area contributed by atoms with Crippen LogP contribution < -0.4 is 10.5 Å². The second-order valence-corrected chi connectivity index (χ2v) is 6.43. The summed E-state index contributed by atoms with van der Waals surface area (Å²) in [5, 5.41) is 0. The predicted molar refractivity (Wildman–Crippen MR) is 73.4 cm³/mol. The Morgan fingerprint density at radius 2 is 2.16 bits per heavy atom. The van der Waals surface area contributed by atoms with Crippen molar-refractivity contribution in [1.82, 2.24) is 4.31 Å². The van der Waals surface area contributed by atoms with Gasteiger partial charge in [0.2, 0.25) is 0 Å². The van der Waals surface area contributed by atoms with E-state index in [2.05, 4.69) is 4.72 Å². The van der Waals surface area contributed by atoms with Gasteiger partial charge in [-0.15, -0.1) is 0 Å². The fourth-order valence-corrected chi connectivity index (χ4v) is 3.75. The van der Waals surface area contributed by atoms with Gasteiger partial charge in [0.15, 0.2) is 0 Å². The summed E-state index contributed by atoms with van der Waals surface area (Å²) in [5.74, 6) is -0.637. The molecule has 0 saturated carbocycles. The lowest BCUT2D eigenvalue weighted by Gasteiger charge is -2.32. The van der Waals surface area contributed by atoms with Crippen molar-refractivity contribution in [3.63, 3.8) is 0 Å². The number of hydrogen-bond acceptors (Lipinski definition) is 3. The van der Waals surface area contributed by atoms with Gasteiger partial charge in [-0.05, 0) is 38.0 Å². The first kappa shape index (κ1) is 14.1. The number of rotatable bonds is 3. The number of piperidine rings is 1. The fraction of sp³-hybridized carbons (Fsp3) is 0.500. The van der Waals surface area contributed by atoms with Crippen molar-refractivity contribution in [1.29, 1.82) is 0 Å². The first-order chi connectivity index (χ1) is 8.90. The third-order valence-electron chi connectivity index (χ3n) is 3.28. The van der Waals surface area contributed by atoms with Crippen LogP contribution >= 0.6 is 0 Å². The Balaban J connectivity index is 2.23. The molecule has 1 aromatic rings. The van der Waals surface area contributed by atoms with Crippen LogP contribution in [0.3, 0.4) is 0 Å². The van der Waals surface area contributed by atoms with E-state index < -0.39 is 16.0 Å². The summed E-state index contributed by atoms with van der Waals surface area (Å²) < 4.78 is 41.7. The number of nitrogens with two attached hydrogens (primary N) is 1. The summed E-state index contributed by atoms with van der Waals surface area (Å²) in [4.78, 5) is 0. The van der Waals surface area contributed by atoms with Crippen LogP contribution in [0.5, 0.6) is 0 Å². The van der Waals surface area contributed by atoms with Crippen LogP contribution in [0.1, 0.15) is 26.2 Å². The first-order valence-corrected chi connectivity index (χ1v) is 7.69. The largest absolute Gasteiger partial charge is 0.399 e. The Labute approximate surface area is 112 Å². The first-order valence-electron chi connectivity index (χ1n) is 6.25. The van der Waals surface area contributed by atoms with E-state index in [1.807, 2.05) is 6.92 Å². The molecule has 1 aliphatic rings. The van der Waals surface area contributed by atoms with Gasteiger partial charge in [-0.3, -0.25) is 4.72 Å². The van der Waals surface area contributed by atoms with Gasteiger partial charge < -0.3 is 5.73 Å². The highest BCUT2D eigenvalue weighted by atomic mass is 32.2. The van der Waals surface area contributed by atoms with Gasteiger partial charge in [0.05, 0.1) is 5.69 Å². The molecule has 0 amide bonds. The molecule has 0 spiro atoms. The molecule has 7 heteroatoms. The second-order valence-electron chi connectivity index (χ2n) is 4.80. The number of benzene rings is 1. The molecule has 1 heterocycles. The molecule has 0 aliphatic carbocycles. The van der Waals surface area contributed by atoms with Gasteiger partial charge >= 0.3 is 10.2 Å². The van der Waals surface area contributed by atoms with Crippen LogP contribution in [-0.2, 0) is 10.2 Å². The summed E-state index contributed by atoms with van der Waals surface area (Å²) in [6, 6.07) is 3.74. The maximum Gasteiger partial charge on any atom is 0.301 e.